The minimum absolute atomic E-state index is 0.144. The van der Waals surface area contributed by atoms with Crippen LogP contribution in [0.2, 0.25) is 0 Å². The molecular formula is C24H24N6O4. The van der Waals surface area contributed by atoms with Crippen LogP contribution in [0, 0.1) is 13.8 Å². The third-order valence-electron chi connectivity index (χ3n) is 6.10. The Hall–Kier alpha value is -4.34. The van der Waals surface area contributed by atoms with Gasteiger partial charge in [0.05, 0.1) is 28.1 Å². The lowest BCUT2D eigenvalue weighted by Gasteiger charge is -2.19. The van der Waals surface area contributed by atoms with E-state index in [4.69, 9.17) is 0 Å². The third-order valence-corrected chi connectivity index (χ3v) is 6.10. The fraction of sp³-hybridized carbons (Fsp3) is 0.250. The quantitative estimate of drug-likeness (QED) is 0.346. The fourth-order valence-corrected chi connectivity index (χ4v) is 4.44. The number of fused-ring (bicyclic) bond motifs is 1. The van der Waals surface area contributed by atoms with Gasteiger partial charge in [0.15, 0.2) is 0 Å². The Balaban J connectivity index is 1.65. The topological polar surface area (TPSA) is 139 Å². The Bertz CT molecular complexity index is 1620. The van der Waals surface area contributed by atoms with Crippen molar-refractivity contribution in [2.45, 2.75) is 26.7 Å². The summed E-state index contributed by atoms with van der Waals surface area (Å²) in [6.07, 6.45) is 3.34. The molecule has 174 valence electrons. The molecule has 34 heavy (non-hydrogen) atoms. The van der Waals surface area contributed by atoms with Gasteiger partial charge in [0.25, 0.3) is 5.56 Å². The summed E-state index contributed by atoms with van der Waals surface area (Å²) in [7, 11) is 0. The van der Waals surface area contributed by atoms with Crippen LogP contribution >= 0.6 is 0 Å². The first-order valence-electron chi connectivity index (χ1n) is 11.0. The van der Waals surface area contributed by atoms with Gasteiger partial charge in [0.2, 0.25) is 5.88 Å². The molecule has 1 fully saturated rings. The molecule has 2 aromatic heterocycles. The number of nitrogens with one attached hydrogen (secondary N) is 3. The summed E-state index contributed by atoms with van der Waals surface area (Å²) < 4.78 is 1.06. The summed E-state index contributed by atoms with van der Waals surface area (Å²) in [4.78, 5) is 51.3. The van der Waals surface area contributed by atoms with Crippen LogP contribution < -0.4 is 21.8 Å². The summed E-state index contributed by atoms with van der Waals surface area (Å²) in [6, 6.07) is 9.00. The molecule has 4 N–H and O–H groups in total. The number of aromatic hydroxyl groups is 1. The maximum atomic E-state index is 12.6. The van der Waals surface area contributed by atoms with Crippen molar-refractivity contribution in [3.05, 3.63) is 78.3 Å². The third kappa shape index (κ3) is 3.72. The fourth-order valence-electron chi connectivity index (χ4n) is 4.44. The molecule has 2 aromatic carbocycles. The van der Waals surface area contributed by atoms with Crippen molar-refractivity contribution in [1.82, 2.24) is 19.5 Å². The van der Waals surface area contributed by atoms with E-state index in [-0.39, 0.29) is 11.3 Å². The van der Waals surface area contributed by atoms with Gasteiger partial charge in [-0.3, -0.25) is 14.8 Å². The van der Waals surface area contributed by atoms with Crippen LogP contribution in [0.4, 0.5) is 11.4 Å². The van der Waals surface area contributed by atoms with Crippen molar-refractivity contribution in [2.24, 2.45) is 4.99 Å². The largest absolute Gasteiger partial charge is 0.493 e. The van der Waals surface area contributed by atoms with Crippen molar-refractivity contribution in [3.63, 3.8) is 0 Å². The molecule has 0 bridgehead atoms. The van der Waals surface area contributed by atoms with Gasteiger partial charge >= 0.3 is 11.4 Å². The molecule has 1 saturated heterocycles. The monoisotopic (exact) mass is 460 g/mol. The van der Waals surface area contributed by atoms with Crippen LogP contribution in [0.3, 0.4) is 0 Å². The molecule has 0 radical (unpaired) electrons. The van der Waals surface area contributed by atoms with Crippen molar-refractivity contribution in [3.8, 4) is 11.6 Å². The van der Waals surface area contributed by atoms with Gasteiger partial charge in [-0.1, -0.05) is 17.7 Å². The second-order valence-corrected chi connectivity index (χ2v) is 8.54. The van der Waals surface area contributed by atoms with Crippen LogP contribution in [0.1, 0.15) is 29.5 Å². The Kier molecular flexibility index (Phi) is 5.20. The predicted octanol–water partition coefficient (Wildman–Crippen LogP) is 2.37. The lowest BCUT2D eigenvalue weighted by molar-refractivity contribution is 0.430. The Morgan fingerprint density at radius 3 is 2.35 bits per heavy atom. The van der Waals surface area contributed by atoms with E-state index in [0.29, 0.717) is 22.4 Å². The number of imidazole rings is 1. The van der Waals surface area contributed by atoms with Crippen molar-refractivity contribution in [1.29, 1.82) is 0 Å². The van der Waals surface area contributed by atoms with E-state index in [1.54, 1.807) is 12.1 Å². The molecule has 5 rings (SSSR count). The second-order valence-electron chi connectivity index (χ2n) is 8.54. The van der Waals surface area contributed by atoms with Crippen molar-refractivity contribution in [2.75, 3.05) is 18.0 Å². The minimum Gasteiger partial charge on any atom is -0.493 e. The highest BCUT2D eigenvalue weighted by Crippen LogP contribution is 2.34. The lowest BCUT2D eigenvalue weighted by Crippen LogP contribution is -2.31. The number of hydrogen-bond donors (Lipinski definition) is 4. The van der Waals surface area contributed by atoms with Gasteiger partial charge in [-0.05, 0) is 50.5 Å². The zero-order valence-electron chi connectivity index (χ0n) is 18.8. The summed E-state index contributed by atoms with van der Waals surface area (Å²) in [6.45, 7) is 5.46. The van der Waals surface area contributed by atoms with Crippen LogP contribution in [-0.2, 0) is 0 Å². The lowest BCUT2D eigenvalue weighted by atomic mass is 10.1. The molecule has 0 unspecified atom stereocenters. The van der Waals surface area contributed by atoms with Gasteiger partial charge in [-0.2, -0.15) is 0 Å². The normalized spacial score (nSPS) is 14.0. The number of hydrogen-bond acceptors (Lipinski definition) is 6. The molecule has 10 nitrogen and oxygen atoms in total. The second kappa shape index (κ2) is 8.22. The number of aryl methyl sites for hydroxylation is 2. The van der Waals surface area contributed by atoms with Gasteiger partial charge < -0.3 is 20.0 Å². The maximum absolute atomic E-state index is 12.6. The van der Waals surface area contributed by atoms with Crippen LogP contribution in [-0.4, -0.2) is 43.9 Å². The zero-order valence-corrected chi connectivity index (χ0v) is 18.8. The summed E-state index contributed by atoms with van der Waals surface area (Å²) in [5, 5.41) is 10.9. The molecule has 10 heteroatoms. The van der Waals surface area contributed by atoms with Gasteiger partial charge in [0.1, 0.15) is 5.56 Å². The van der Waals surface area contributed by atoms with E-state index in [2.05, 4.69) is 24.8 Å². The smallest absolute Gasteiger partial charge is 0.335 e. The van der Waals surface area contributed by atoms with E-state index in [9.17, 15) is 19.5 Å². The van der Waals surface area contributed by atoms with Crippen molar-refractivity contribution >= 4 is 28.6 Å². The number of aliphatic imine (C=N–C) groups is 1. The van der Waals surface area contributed by atoms with Gasteiger partial charge in [0, 0.05) is 19.3 Å². The standard InChI is InChI=1S/C24H24N6O4/c1-13-5-6-19(14(2)9-13)30-22(32)15(21(31)28-24(30)34)12-25-18-10-16-17(27-23(33)26-16)11-20(18)29-7-3-4-8-29/h5-6,9-12,32H,3-4,7-8H2,1-2H3,(H2,26,27,33)(H,28,31,34). The number of nitrogens with zero attached hydrogens (tertiary/aromatic N) is 3. The first kappa shape index (κ1) is 21.5. The van der Waals surface area contributed by atoms with Gasteiger partial charge in [-0.15, -0.1) is 0 Å². The zero-order chi connectivity index (χ0) is 24.0. The van der Waals surface area contributed by atoms with Crippen LogP contribution in [0.5, 0.6) is 5.88 Å². The Morgan fingerprint density at radius 2 is 1.65 bits per heavy atom. The average Bonchev–Trinajstić information content (AvgIpc) is 3.42. The highest BCUT2D eigenvalue weighted by molar-refractivity contribution is 5.91. The number of aromatic nitrogens is 4. The van der Waals surface area contributed by atoms with E-state index in [0.717, 1.165) is 47.3 Å². The van der Waals surface area contributed by atoms with Crippen molar-refractivity contribution < 1.29 is 5.11 Å². The molecule has 1 aliphatic rings. The molecule has 0 amide bonds. The predicted molar refractivity (Wildman–Crippen MR) is 131 cm³/mol. The molecule has 1 aliphatic heterocycles. The summed E-state index contributed by atoms with van der Waals surface area (Å²) in [5.74, 6) is -0.497. The maximum Gasteiger partial charge on any atom is 0.335 e. The molecule has 0 spiro atoms. The van der Waals surface area contributed by atoms with E-state index < -0.39 is 17.1 Å². The number of anilines is 1. The SMILES string of the molecule is Cc1ccc(-n2c(O)c(C=Nc3cc4[nH]c(=O)[nH]c4cc3N3CCCC3)c(=O)[nH]c2=O)c(C)c1. The Labute approximate surface area is 193 Å². The number of rotatable bonds is 4. The van der Waals surface area contributed by atoms with E-state index >= 15 is 0 Å². The average molecular weight is 460 g/mol. The first-order chi connectivity index (χ1) is 16.3. The van der Waals surface area contributed by atoms with E-state index in [1.807, 2.05) is 32.0 Å². The summed E-state index contributed by atoms with van der Waals surface area (Å²) in [5.41, 5.74) is 2.88. The number of aromatic amines is 3. The molecule has 0 aliphatic carbocycles. The molecule has 4 aromatic rings. The number of H-pyrrole nitrogens is 3. The summed E-state index contributed by atoms with van der Waals surface area (Å²) >= 11 is 0. The molecule has 0 saturated carbocycles. The first-order valence-corrected chi connectivity index (χ1v) is 11.0. The van der Waals surface area contributed by atoms with Gasteiger partial charge in [-0.25, -0.2) is 14.2 Å². The number of benzene rings is 2. The molecular weight excluding hydrogens is 436 g/mol. The van der Waals surface area contributed by atoms with Crippen LogP contribution in [0.25, 0.3) is 16.7 Å². The highest BCUT2D eigenvalue weighted by atomic mass is 16.3. The van der Waals surface area contributed by atoms with Crippen LogP contribution in [0.15, 0.2) is 49.7 Å². The Morgan fingerprint density at radius 1 is 0.941 bits per heavy atom. The molecule has 0 atom stereocenters. The highest BCUT2D eigenvalue weighted by Gasteiger charge is 2.19. The molecule has 3 heterocycles. The minimum atomic E-state index is -0.744. The van der Waals surface area contributed by atoms with E-state index in [1.165, 1.54) is 6.21 Å².